The maximum absolute atomic E-state index is 12.5. The van der Waals surface area contributed by atoms with Crippen LogP contribution in [0.25, 0.3) is 0 Å². The van der Waals surface area contributed by atoms with Crippen molar-refractivity contribution in [3.63, 3.8) is 0 Å². The Balaban J connectivity index is 1.86. The van der Waals surface area contributed by atoms with Crippen molar-refractivity contribution in [2.75, 3.05) is 0 Å². The van der Waals surface area contributed by atoms with Gasteiger partial charge in [0.15, 0.2) is 5.78 Å². The molecule has 136 valence electrons. The van der Waals surface area contributed by atoms with Crippen molar-refractivity contribution < 1.29 is 19.4 Å². The molecule has 0 aliphatic carbocycles. The van der Waals surface area contributed by atoms with Crippen LogP contribution in [-0.2, 0) is 4.79 Å². The molecule has 3 aromatic rings. The maximum atomic E-state index is 12.5. The molecule has 3 aromatic carbocycles. The molecule has 0 aliphatic heterocycles. The molecule has 0 spiro atoms. The van der Waals surface area contributed by atoms with Gasteiger partial charge in [0.25, 0.3) is 5.91 Å². The number of hydrogen-bond donors (Lipinski definition) is 3. The molecule has 0 saturated heterocycles. The number of ether oxygens (including phenoxy) is 1. The summed E-state index contributed by atoms with van der Waals surface area (Å²) in [7, 11) is 0. The molecular weight excluding hydrogens is 344 g/mol. The summed E-state index contributed by atoms with van der Waals surface area (Å²) in [6.45, 7) is 0. The van der Waals surface area contributed by atoms with E-state index in [1.807, 2.05) is 6.07 Å². The normalized spacial score (nSPS) is 11.4. The number of ketones is 1. The van der Waals surface area contributed by atoms with Gasteiger partial charge < -0.3 is 9.84 Å². The van der Waals surface area contributed by atoms with Gasteiger partial charge in [-0.25, -0.2) is 5.84 Å². The fraction of sp³-hybridized carbons (Fsp3) is 0.0476. The van der Waals surface area contributed by atoms with Crippen molar-refractivity contribution in [1.82, 2.24) is 5.43 Å². The summed E-state index contributed by atoms with van der Waals surface area (Å²) in [5.41, 5.74) is 3.28. The lowest BCUT2D eigenvalue weighted by molar-refractivity contribution is -0.128. The first-order valence-electron chi connectivity index (χ1n) is 8.25. The van der Waals surface area contributed by atoms with Crippen LogP contribution in [0.1, 0.15) is 27.6 Å². The fourth-order valence-corrected chi connectivity index (χ4v) is 2.63. The van der Waals surface area contributed by atoms with Crippen LogP contribution in [0.3, 0.4) is 0 Å². The van der Waals surface area contributed by atoms with Gasteiger partial charge in [-0.2, -0.15) is 0 Å². The van der Waals surface area contributed by atoms with Crippen LogP contribution in [0.2, 0.25) is 0 Å². The van der Waals surface area contributed by atoms with Gasteiger partial charge in [-0.1, -0.05) is 60.7 Å². The number of amides is 1. The molecule has 27 heavy (non-hydrogen) atoms. The zero-order valence-corrected chi connectivity index (χ0v) is 14.3. The average Bonchev–Trinajstić information content (AvgIpc) is 2.72. The minimum absolute atomic E-state index is 0.146. The number of carbonyl (C=O) groups excluding carboxylic acids is 2. The Morgan fingerprint density at radius 1 is 0.926 bits per heavy atom. The first-order valence-corrected chi connectivity index (χ1v) is 8.25. The third-order valence-electron chi connectivity index (χ3n) is 3.99. The Morgan fingerprint density at radius 2 is 1.56 bits per heavy atom. The third-order valence-corrected chi connectivity index (χ3v) is 3.99. The van der Waals surface area contributed by atoms with Crippen LogP contribution in [0.4, 0.5) is 0 Å². The summed E-state index contributed by atoms with van der Waals surface area (Å²) in [6, 6.07) is 21.7. The molecule has 6 nitrogen and oxygen atoms in total. The van der Waals surface area contributed by atoms with E-state index in [1.54, 1.807) is 54.6 Å². The molecule has 0 bridgehead atoms. The van der Waals surface area contributed by atoms with Crippen LogP contribution in [-0.4, -0.2) is 16.8 Å². The summed E-state index contributed by atoms with van der Waals surface area (Å²) in [4.78, 5) is 24.6. The second kappa shape index (κ2) is 8.16. The quantitative estimate of drug-likeness (QED) is 0.271. The Bertz CT molecular complexity index is 943. The summed E-state index contributed by atoms with van der Waals surface area (Å²) in [6.07, 6.45) is -0.994. The molecule has 6 heteroatoms. The van der Waals surface area contributed by atoms with Gasteiger partial charge >= 0.3 is 0 Å². The minimum atomic E-state index is -0.994. The monoisotopic (exact) mass is 362 g/mol. The number of phenolic OH excluding ortho intramolecular Hbond substituents is 1. The van der Waals surface area contributed by atoms with Crippen LogP contribution < -0.4 is 16.0 Å². The van der Waals surface area contributed by atoms with E-state index in [0.717, 1.165) is 0 Å². The van der Waals surface area contributed by atoms with Crippen molar-refractivity contribution in [1.29, 1.82) is 0 Å². The zero-order chi connectivity index (χ0) is 19.2. The number of aromatic hydroxyl groups is 1. The van der Waals surface area contributed by atoms with Gasteiger partial charge in [0.05, 0.1) is 5.56 Å². The number of rotatable bonds is 6. The number of carbonyl (C=O) groups is 2. The molecular formula is C21H18N2O4. The molecule has 0 aromatic heterocycles. The van der Waals surface area contributed by atoms with E-state index in [-0.39, 0.29) is 22.8 Å². The van der Waals surface area contributed by atoms with Crippen molar-refractivity contribution in [2.45, 2.75) is 6.10 Å². The second-order valence-corrected chi connectivity index (χ2v) is 5.79. The number of hydrazine groups is 1. The number of phenols is 1. The molecule has 0 heterocycles. The molecule has 0 saturated carbocycles. The van der Waals surface area contributed by atoms with Crippen LogP contribution in [0.5, 0.6) is 11.5 Å². The highest BCUT2D eigenvalue weighted by molar-refractivity contribution is 6.10. The molecule has 0 aliphatic rings. The fourth-order valence-electron chi connectivity index (χ4n) is 2.63. The summed E-state index contributed by atoms with van der Waals surface area (Å²) in [5.74, 6) is 4.40. The molecule has 3 rings (SSSR count). The molecule has 1 atom stereocenters. The first-order chi connectivity index (χ1) is 13.1. The zero-order valence-electron chi connectivity index (χ0n) is 14.3. The van der Waals surface area contributed by atoms with Gasteiger partial charge in [-0.05, 0) is 12.1 Å². The lowest BCUT2D eigenvalue weighted by Gasteiger charge is -2.18. The standard InChI is InChI=1S/C21H18N2O4/c22-23-21(26)20(15-9-5-2-6-10-15)27-16-11-12-17(18(24)13-16)19(25)14-7-3-1-4-8-14/h1-13,20,24H,22H2,(H,23,26). The van der Waals surface area contributed by atoms with Gasteiger partial charge in [-0.15, -0.1) is 0 Å². The van der Waals surface area contributed by atoms with Gasteiger partial charge in [0, 0.05) is 17.2 Å². The number of nitrogens with one attached hydrogen (secondary N) is 1. The second-order valence-electron chi connectivity index (χ2n) is 5.79. The van der Waals surface area contributed by atoms with Crippen molar-refractivity contribution >= 4 is 11.7 Å². The van der Waals surface area contributed by atoms with E-state index >= 15 is 0 Å². The average molecular weight is 362 g/mol. The van der Waals surface area contributed by atoms with E-state index < -0.39 is 12.0 Å². The lowest BCUT2D eigenvalue weighted by Crippen LogP contribution is -2.37. The van der Waals surface area contributed by atoms with E-state index in [1.165, 1.54) is 18.2 Å². The molecule has 0 fully saturated rings. The Kier molecular flexibility index (Phi) is 5.49. The summed E-state index contributed by atoms with van der Waals surface area (Å²) in [5, 5.41) is 10.3. The van der Waals surface area contributed by atoms with Crippen LogP contribution in [0, 0.1) is 0 Å². The smallest absolute Gasteiger partial charge is 0.279 e. The minimum Gasteiger partial charge on any atom is -0.507 e. The number of hydrogen-bond acceptors (Lipinski definition) is 5. The van der Waals surface area contributed by atoms with Gasteiger partial charge in [-0.3, -0.25) is 15.0 Å². The molecule has 1 unspecified atom stereocenters. The highest BCUT2D eigenvalue weighted by atomic mass is 16.5. The predicted molar refractivity (Wildman–Crippen MR) is 100 cm³/mol. The number of nitrogens with two attached hydrogens (primary N) is 1. The number of benzene rings is 3. The van der Waals surface area contributed by atoms with Crippen LogP contribution >= 0.6 is 0 Å². The van der Waals surface area contributed by atoms with Gasteiger partial charge in [0.1, 0.15) is 11.5 Å². The molecule has 0 radical (unpaired) electrons. The van der Waals surface area contributed by atoms with Crippen LogP contribution in [0.15, 0.2) is 78.9 Å². The van der Waals surface area contributed by atoms with E-state index in [0.29, 0.717) is 11.1 Å². The summed E-state index contributed by atoms with van der Waals surface area (Å²) >= 11 is 0. The SMILES string of the molecule is NNC(=O)C(Oc1ccc(C(=O)c2ccccc2)c(O)c1)c1ccccc1. The highest BCUT2D eigenvalue weighted by Crippen LogP contribution is 2.29. The van der Waals surface area contributed by atoms with Crippen molar-refractivity contribution in [3.8, 4) is 11.5 Å². The highest BCUT2D eigenvalue weighted by Gasteiger charge is 2.23. The largest absolute Gasteiger partial charge is 0.507 e. The Labute approximate surface area is 156 Å². The summed E-state index contributed by atoms with van der Waals surface area (Å²) < 4.78 is 5.71. The third kappa shape index (κ3) is 4.13. The van der Waals surface area contributed by atoms with Gasteiger partial charge in [0.2, 0.25) is 6.10 Å². The Morgan fingerprint density at radius 3 is 2.15 bits per heavy atom. The topological polar surface area (TPSA) is 102 Å². The molecule has 1 amide bonds. The van der Waals surface area contributed by atoms with E-state index in [9.17, 15) is 14.7 Å². The van der Waals surface area contributed by atoms with E-state index in [4.69, 9.17) is 10.6 Å². The van der Waals surface area contributed by atoms with Crippen molar-refractivity contribution in [3.05, 3.63) is 95.6 Å². The van der Waals surface area contributed by atoms with Crippen molar-refractivity contribution in [2.24, 2.45) is 5.84 Å². The lowest BCUT2D eigenvalue weighted by atomic mass is 10.0. The maximum Gasteiger partial charge on any atom is 0.279 e. The predicted octanol–water partition coefficient (Wildman–Crippen LogP) is 2.73. The van der Waals surface area contributed by atoms with E-state index in [2.05, 4.69) is 5.43 Å². The first kappa shape index (κ1) is 18.2. The molecule has 4 N–H and O–H groups in total. The Hall–Kier alpha value is -3.64.